The third-order valence-electron chi connectivity index (χ3n) is 5.72. The van der Waals surface area contributed by atoms with E-state index in [4.69, 9.17) is 23.2 Å². The second-order valence-corrected chi connectivity index (χ2v) is 10.7. The highest BCUT2D eigenvalue weighted by molar-refractivity contribution is 7.90. The molecular formula is C23H25Cl2N3O5S. The van der Waals surface area contributed by atoms with Crippen LogP contribution in [0.15, 0.2) is 47.4 Å². The predicted octanol–water partition coefficient (Wildman–Crippen LogP) is 3.47. The van der Waals surface area contributed by atoms with Gasteiger partial charge < -0.3 is 10.2 Å². The van der Waals surface area contributed by atoms with Crippen LogP contribution >= 0.6 is 23.2 Å². The summed E-state index contributed by atoms with van der Waals surface area (Å²) in [6.45, 7) is 4.45. The maximum absolute atomic E-state index is 13.4. The van der Waals surface area contributed by atoms with Crippen LogP contribution in [0.3, 0.4) is 0 Å². The van der Waals surface area contributed by atoms with E-state index in [0.717, 1.165) is 0 Å². The summed E-state index contributed by atoms with van der Waals surface area (Å²) in [6, 6.07) is 9.41. The van der Waals surface area contributed by atoms with Crippen LogP contribution in [0.1, 0.15) is 43.1 Å². The van der Waals surface area contributed by atoms with Gasteiger partial charge in [0.15, 0.2) is 0 Å². The van der Waals surface area contributed by atoms with E-state index >= 15 is 0 Å². The number of hydrogen-bond acceptors (Lipinski definition) is 5. The zero-order valence-electron chi connectivity index (χ0n) is 18.9. The molecule has 3 rings (SSSR count). The number of fused-ring (bicyclic) bond motifs is 1. The summed E-state index contributed by atoms with van der Waals surface area (Å²) in [5, 5.41) is 3.51. The van der Waals surface area contributed by atoms with Gasteiger partial charge in [0.1, 0.15) is 17.5 Å². The van der Waals surface area contributed by atoms with Crippen molar-refractivity contribution in [2.75, 3.05) is 6.54 Å². The van der Waals surface area contributed by atoms with Crippen molar-refractivity contribution >= 4 is 50.9 Å². The van der Waals surface area contributed by atoms with Gasteiger partial charge in [-0.3, -0.25) is 14.4 Å². The van der Waals surface area contributed by atoms with Crippen molar-refractivity contribution in [2.45, 2.75) is 50.7 Å². The van der Waals surface area contributed by atoms with Gasteiger partial charge in [0, 0.05) is 22.6 Å². The van der Waals surface area contributed by atoms with Crippen LogP contribution in [0.2, 0.25) is 10.0 Å². The highest BCUT2D eigenvalue weighted by Gasteiger charge is 2.43. The van der Waals surface area contributed by atoms with Gasteiger partial charge in [-0.1, -0.05) is 48.3 Å². The Bertz CT molecular complexity index is 1230. The van der Waals surface area contributed by atoms with Crippen molar-refractivity contribution in [3.8, 4) is 0 Å². The number of rotatable bonds is 8. The molecule has 0 saturated heterocycles. The monoisotopic (exact) mass is 525 g/mol. The summed E-state index contributed by atoms with van der Waals surface area (Å²) in [7, 11) is -4.19. The topological polar surface area (TPSA) is 104 Å². The number of carbonyl (C=O) groups is 3. The lowest BCUT2D eigenvalue weighted by Gasteiger charge is -2.31. The fourth-order valence-electron chi connectivity index (χ4n) is 3.48. The first-order valence-corrected chi connectivity index (χ1v) is 12.9. The van der Waals surface area contributed by atoms with Crippen LogP contribution < -0.4 is 5.32 Å². The molecule has 11 heteroatoms. The Kier molecular flexibility index (Phi) is 7.90. The molecular weight excluding hydrogens is 501 g/mol. The lowest BCUT2D eigenvalue weighted by atomic mass is 10.1. The Balaban J connectivity index is 1.91. The third kappa shape index (κ3) is 5.21. The van der Waals surface area contributed by atoms with E-state index < -0.39 is 40.3 Å². The van der Waals surface area contributed by atoms with Crippen LogP contribution in [0.25, 0.3) is 0 Å². The molecule has 2 atom stereocenters. The number of benzene rings is 2. The maximum atomic E-state index is 13.4. The number of sulfonamides is 1. The number of amides is 3. The van der Waals surface area contributed by atoms with Crippen molar-refractivity contribution in [1.29, 1.82) is 0 Å². The van der Waals surface area contributed by atoms with Gasteiger partial charge in [-0.05, 0) is 50.1 Å². The molecule has 0 spiro atoms. The number of hydrogen-bond donors (Lipinski definition) is 1. The highest BCUT2D eigenvalue weighted by Crippen LogP contribution is 2.30. The predicted molar refractivity (Wildman–Crippen MR) is 129 cm³/mol. The Hall–Kier alpha value is -2.62. The number of carbonyl (C=O) groups excluding carboxylic acids is 3. The molecule has 0 radical (unpaired) electrons. The van der Waals surface area contributed by atoms with Crippen LogP contribution in [0, 0.1) is 0 Å². The normalized spacial score (nSPS) is 16.0. The molecule has 0 saturated carbocycles. The lowest BCUT2D eigenvalue weighted by Crippen LogP contribution is -2.52. The van der Waals surface area contributed by atoms with Crippen molar-refractivity contribution in [2.24, 2.45) is 0 Å². The molecule has 0 aliphatic carbocycles. The molecule has 1 N–H and O–H groups in total. The zero-order valence-corrected chi connectivity index (χ0v) is 21.2. The minimum atomic E-state index is -4.19. The summed E-state index contributed by atoms with van der Waals surface area (Å²) in [5.74, 6) is -1.92. The van der Waals surface area contributed by atoms with E-state index in [1.54, 1.807) is 18.2 Å². The van der Waals surface area contributed by atoms with E-state index in [9.17, 15) is 22.8 Å². The van der Waals surface area contributed by atoms with Crippen molar-refractivity contribution in [3.63, 3.8) is 0 Å². The summed E-state index contributed by atoms with van der Waals surface area (Å²) in [6.07, 6.45) is 0.689. The highest BCUT2D eigenvalue weighted by atomic mass is 35.5. The van der Waals surface area contributed by atoms with Gasteiger partial charge in [-0.2, -0.15) is 0 Å². The van der Waals surface area contributed by atoms with Crippen molar-refractivity contribution in [1.82, 2.24) is 14.5 Å². The van der Waals surface area contributed by atoms with Gasteiger partial charge in [0.05, 0.1) is 5.56 Å². The molecule has 1 aliphatic heterocycles. The average Bonchev–Trinajstić information content (AvgIpc) is 2.98. The molecule has 8 nitrogen and oxygen atoms in total. The number of nitrogens with one attached hydrogen (secondary N) is 1. The second-order valence-electron chi connectivity index (χ2n) is 8.06. The summed E-state index contributed by atoms with van der Waals surface area (Å²) in [5.41, 5.74) is 0.520. The van der Waals surface area contributed by atoms with Crippen molar-refractivity contribution < 1.29 is 22.8 Å². The fourth-order valence-corrected chi connectivity index (χ4v) is 5.47. The molecule has 34 heavy (non-hydrogen) atoms. The molecule has 1 aliphatic rings. The largest absolute Gasteiger partial charge is 0.352 e. The Morgan fingerprint density at radius 3 is 2.41 bits per heavy atom. The van der Waals surface area contributed by atoms with Crippen LogP contribution in [0.5, 0.6) is 0 Å². The molecule has 3 amide bonds. The first-order valence-electron chi connectivity index (χ1n) is 10.7. The molecule has 0 aromatic heterocycles. The van der Waals surface area contributed by atoms with Gasteiger partial charge >= 0.3 is 0 Å². The standard InChI is InChI=1S/C23H25Cl2N3O5S/c1-4-14(2)26-22(30)15(3)27(12-16-9-10-17(24)11-19(16)25)21(29)13-28-23(31)18-7-5-6-8-20(18)34(28,32)33/h5-11,14-15H,4,12-13H2,1-3H3,(H,26,30)/t14-,15+/m1/s1. The second kappa shape index (κ2) is 10.3. The average molecular weight is 526 g/mol. The Labute approximate surface area is 208 Å². The summed E-state index contributed by atoms with van der Waals surface area (Å²) >= 11 is 12.3. The summed E-state index contributed by atoms with van der Waals surface area (Å²) in [4.78, 5) is 40.0. The van der Waals surface area contributed by atoms with E-state index in [1.807, 2.05) is 13.8 Å². The first kappa shape index (κ1) is 26.0. The minimum Gasteiger partial charge on any atom is -0.352 e. The quantitative estimate of drug-likeness (QED) is 0.568. The molecule has 0 unspecified atom stereocenters. The number of halogens is 2. The van der Waals surface area contributed by atoms with Crippen LogP contribution in [-0.2, 0) is 26.2 Å². The SMILES string of the molecule is CC[C@@H](C)NC(=O)[C@H](C)N(Cc1ccc(Cl)cc1Cl)C(=O)CN1C(=O)c2ccccc2S1(=O)=O. The lowest BCUT2D eigenvalue weighted by molar-refractivity contribution is -0.140. The van der Waals surface area contributed by atoms with Crippen LogP contribution in [0.4, 0.5) is 0 Å². The molecule has 2 aromatic carbocycles. The summed E-state index contributed by atoms with van der Waals surface area (Å²) < 4.78 is 26.4. The molecule has 182 valence electrons. The maximum Gasteiger partial charge on any atom is 0.269 e. The Morgan fingerprint density at radius 1 is 1.12 bits per heavy atom. The molecule has 2 aromatic rings. The molecule has 0 fully saturated rings. The number of nitrogens with zero attached hydrogens (tertiary/aromatic N) is 2. The van der Waals surface area contributed by atoms with E-state index in [-0.39, 0.29) is 28.1 Å². The van der Waals surface area contributed by atoms with E-state index in [1.165, 1.54) is 36.1 Å². The Morgan fingerprint density at radius 2 is 1.79 bits per heavy atom. The zero-order chi connectivity index (χ0) is 25.2. The fraction of sp³-hybridized carbons (Fsp3) is 0.348. The van der Waals surface area contributed by atoms with Gasteiger partial charge in [-0.15, -0.1) is 0 Å². The van der Waals surface area contributed by atoms with Gasteiger partial charge in [0.25, 0.3) is 15.9 Å². The van der Waals surface area contributed by atoms with E-state index in [0.29, 0.717) is 21.3 Å². The van der Waals surface area contributed by atoms with Crippen molar-refractivity contribution in [3.05, 3.63) is 63.6 Å². The molecule has 0 bridgehead atoms. The smallest absolute Gasteiger partial charge is 0.269 e. The third-order valence-corrected chi connectivity index (χ3v) is 8.09. The van der Waals surface area contributed by atoms with Crippen LogP contribution in [-0.4, -0.2) is 54.0 Å². The van der Waals surface area contributed by atoms with Gasteiger partial charge in [-0.25, -0.2) is 12.7 Å². The minimum absolute atomic E-state index is 0.00478. The van der Waals surface area contributed by atoms with Gasteiger partial charge in [0.2, 0.25) is 11.8 Å². The van der Waals surface area contributed by atoms with E-state index in [2.05, 4.69) is 5.32 Å². The molecule has 1 heterocycles. The first-order chi connectivity index (χ1) is 16.0.